The summed E-state index contributed by atoms with van der Waals surface area (Å²) in [5, 5.41) is 12.2. The molecule has 0 unspecified atom stereocenters. The molecular formula is C25H26Cl2N4O3. The van der Waals surface area contributed by atoms with E-state index in [1.807, 2.05) is 38.1 Å². The highest BCUT2D eigenvalue weighted by Gasteiger charge is 2.46. The minimum atomic E-state index is -0.799. The third-order valence-corrected chi connectivity index (χ3v) is 6.79. The highest BCUT2D eigenvalue weighted by Crippen LogP contribution is 2.41. The first-order chi connectivity index (χ1) is 16.1. The number of aliphatic hydroxyl groups excluding tert-OH is 1. The van der Waals surface area contributed by atoms with Crippen LogP contribution < -0.4 is 0 Å². The van der Waals surface area contributed by atoms with Crippen molar-refractivity contribution in [3.05, 3.63) is 74.7 Å². The molecule has 0 radical (unpaired) electrons. The summed E-state index contributed by atoms with van der Waals surface area (Å²) in [6.07, 6.45) is 2.43. The molecule has 2 aromatic heterocycles. The quantitative estimate of drug-likeness (QED) is 0.303. The summed E-state index contributed by atoms with van der Waals surface area (Å²) in [7, 11) is 3.89. The highest BCUT2D eigenvalue weighted by molar-refractivity contribution is 6.46. The molecule has 3 heterocycles. The zero-order valence-electron chi connectivity index (χ0n) is 19.5. The Labute approximate surface area is 208 Å². The number of rotatable bonds is 6. The van der Waals surface area contributed by atoms with Crippen LogP contribution in [0.1, 0.15) is 35.0 Å². The number of likely N-dealkylation sites (tertiary alicyclic amines) is 1. The third kappa shape index (κ3) is 4.19. The fourth-order valence-electron chi connectivity index (χ4n) is 4.43. The third-order valence-electron chi connectivity index (χ3n) is 6.05. The van der Waals surface area contributed by atoms with E-state index in [9.17, 15) is 14.7 Å². The van der Waals surface area contributed by atoms with Gasteiger partial charge < -0.3 is 14.9 Å². The van der Waals surface area contributed by atoms with Crippen LogP contribution in [0.15, 0.2) is 42.1 Å². The standard InChI is InChI=1S/C25H26Cl2N4O3/c1-14-7-5-11-30-20(15(2)28-24(14)30)22(32)19-21(16-8-9-17(26)18(27)13-16)31(25(34)23(19)33)12-6-10-29(3)4/h5,7-9,11,13,21,32H,6,10,12H2,1-4H3/b22-19+/t21-/m0/s1. The number of ketones is 1. The van der Waals surface area contributed by atoms with Gasteiger partial charge in [0.2, 0.25) is 0 Å². The minimum absolute atomic E-state index is 0.0136. The molecule has 1 aliphatic rings. The van der Waals surface area contributed by atoms with Crippen LogP contribution in [0.2, 0.25) is 10.0 Å². The number of benzene rings is 1. The number of Topliss-reactive ketones (excluding diaryl/α,β-unsaturated/α-hetero) is 1. The van der Waals surface area contributed by atoms with E-state index in [4.69, 9.17) is 23.2 Å². The van der Waals surface area contributed by atoms with Crippen LogP contribution in [0.4, 0.5) is 0 Å². The maximum absolute atomic E-state index is 13.3. The first-order valence-corrected chi connectivity index (χ1v) is 11.7. The first-order valence-electron chi connectivity index (χ1n) is 10.9. The van der Waals surface area contributed by atoms with Crippen LogP contribution in [-0.2, 0) is 9.59 Å². The van der Waals surface area contributed by atoms with Gasteiger partial charge in [-0.3, -0.25) is 14.0 Å². The average Bonchev–Trinajstić information content (AvgIpc) is 3.25. The Hall–Kier alpha value is -2.87. The number of carbonyl (C=O) groups is 2. The summed E-state index contributed by atoms with van der Waals surface area (Å²) in [5.74, 6) is -1.65. The molecule has 0 saturated carbocycles. The van der Waals surface area contributed by atoms with Crippen LogP contribution in [0, 0.1) is 13.8 Å². The lowest BCUT2D eigenvalue weighted by Crippen LogP contribution is -2.32. The molecule has 1 aliphatic heterocycles. The molecule has 0 bridgehead atoms. The number of amides is 1. The van der Waals surface area contributed by atoms with Gasteiger partial charge in [-0.25, -0.2) is 4.98 Å². The van der Waals surface area contributed by atoms with Crippen molar-refractivity contribution in [2.75, 3.05) is 27.2 Å². The summed E-state index contributed by atoms with van der Waals surface area (Å²) in [5.41, 5.74) is 3.15. The lowest BCUT2D eigenvalue weighted by Gasteiger charge is -2.26. The Morgan fingerprint density at radius 1 is 1.15 bits per heavy atom. The molecule has 4 rings (SSSR count). The average molecular weight is 501 g/mol. The number of carbonyl (C=O) groups excluding carboxylic acids is 2. The predicted molar refractivity (Wildman–Crippen MR) is 133 cm³/mol. The van der Waals surface area contributed by atoms with Gasteiger partial charge in [-0.1, -0.05) is 35.3 Å². The fourth-order valence-corrected chi connectivity index (χ4v) is 4.73. The molecular weight excluding hydrogens is 475 g/mol. The first kappa shape index (κ1) is 24.3. The van der Waals surface area contributed by atoms with Gasteiger partial charge >= 0.3 is 0 Å². The molecule has 1 N–H and O–H groups in total. The molecule has 1 atom stereocenters. The Balaban J connectivity index is 1.91. The molecule has 178 valence electrons. The normalized spacial score (nSPS) is 18.0. The number of pyridine rings is 1. The molecule has 9 heteroatoms. The number of aromatic nitrogens is 2. The van der Waals surface area contributed by atoms with Crippen LogP contribution >= 0.6 is 23.2 Å². The van der Waals surface area contributed by atoms with Crippen LogP contribution in [0.5, 0.6) is 0 Å². The second kappa shape index (κ2) is 9.41. The van der Waals surface area contributed by atoms with Crippen LogP contribution in [-0.4, -0.2) is 63.2 Å². The van der Waals surface area contributed by atoms with E-state index in [0.29, 0.717) is 45.6 Å². The van der Waals surface area contributed by atoms with E-state index in [2.05, 4.69) is 4.98 Å². The molecule has 7 nitrogen and oxygen atoms in total. The predicted octanol–water partition coefficient (Wildman–Crippen LogP) is 4.63. The smallest absolute Gasteiger partial charge is 0.295 e. The summed E-state index contributed by atoms with van der Waals surface area (Å²) in [6, 6.07) is 7.95. The number of imidazole rings is 1. The van der Waals surface area contributed by atoms with E-state index in [1.165, 1.54) is 4.90 Å². The summed E-state index contributed by atoms with van der Waals surface area (Å²) < 4.78 is 1.74. The van der Waals surface area contributed by atoms with Crippen molar-refractivity contribution in [1.82, 2.24) is 19.2 Å². The van der Waals surface area contributed by atoms with E-state index >= 15 is 0 Å². The van der Waals surface area contributed by atoms with Gasteiger partial charge in [0.1, 0.15) is 11.3 Å². The summed E-state index contributed by atoms with van der Waals surface area (Å²) in [4.78, 5) is 34.5. The Bertz CT molecular complexity index is 1330. The summed E-state index contributed by atoms with van der Waals surface area (Å²) in [6.45, 7) is 4.77. The van der Waals surface area contributed by atoms with Gasteiger partial charge in [-0.15, -0.1) is 0 Å². The van der Waals surface area contributed by atoms with Gasteiger partial charge in [0.15, 0.2) is 5.76 Å². The SMILES string of the molecule is Cc1nc2c(C)cccn2c1/C(O)=C1\C(=O)C(=O)N(CCCN(C)C)[C@H]1c1ccc(Cl)c(Cl)c1. The Morgan fingerprint density at radius 2 is 1.88 bits per heavy atom. The molecule has 1 aromatic carbocycles. The van der Waals surface area contributed by atoms with Crippen molar-refractivity contribution >= 4 is 46.3 Å². The monoisotopic (exact) mass is 500 g/mol. The van der Waals surface area contributed by atoms with Gasteiger partial charge in [0, 0.05) is 12.7 Å². The van der Waals surface area contributed by atoms with Crippen molar-refractivity contribution in [2.24, 2.45) is 0 Å². The maximum Gasteiger partial charge on any atom is 0.295 e. The molecule has 3 aromatic rings. The summed E-state index contributed by atoms with van der Waals surface area (Å²) >= 11 is 12.4. The lowest BCUT2D eigenvalue weighted by atomic mass is 9.96. The van der Waals surface area contributed by atoms with Gasteiger partial charge in [0.25, 0.3) is 11.7 Å². The largest absolute Gasteiger partial charge is 0.505 e. The van der Waals surface area contributed by atoms with Gasteiger partial charge in [0.05, 0.1) is 27.4 Å². The fraction of sp³-hybridized carbons (Fsp3) is 0.320. The van der Waals surface area contributed by atoms with Gasteiger partial charge in [-0.2, -0.15) is 0 Å². The van der Waals surface area contributed by atoms with Crippen molar-refractivity contribution in [1.29, 1.82) is 0 Å². The Morgan fingerprint density at radius 3 is 2.56 bits per heavy atom. The number of aryl methyl sites for hydroxylation is 2. The molecule has 34 heavy (non-hydrogen) atoms. The van der Waals surface area contributed by atoms with E-state index in [1.54, 1.807) is 35.7 Å². The number of aliphatic hydroxyl groups is 1. The van der Waals surface area contributed by atoms with Crippen LogP contribution in [0.3, 0.4) is 0 Å². The molecule has 1 amide bonds. The lowest BCUT2D eigenvalue weighted by molar-refractivity contribution is -0.139. The second-order valence-electron chi connectivity index (χ2n) is 8.75. The highest BCUT2D eigenvalue weighted by atomic mass is 35.5. The van der Waals surface area contributed by atoms with Crippen molar-refractivity contribution in [2.45, 2.75) is 26.3 Å². The maximum atomic E-state index is 13.3. The van der Waals surface area contributed by atoms with Crippen molar-refractivity contribution in [3.8, 4) is 0 Å². The van der Waals surface area contributed by atoms with Crippen molar-refractivity contribution in [3.63, 3.8) is 0 Å². The second-order valence-corrected chi connectivity index (χ2v) is 9.57. The Kier molecular flexibility index (Phi) is 6.71. The molecule has 0 spiro atoms. The molecule has 0 aliphatic carbocycles. The zero-order valence-corrected chi connectivity index (χ0v) is 21.0. The number of nitrogens with zero attached hydrogens (tertiary/aromatic N) is 4. The molecule has 1 saturated heterocycles. The zero-order chi connectivity index (χ0) is 24.7. The van der Waals surface area contributed by atoms with Crippen molar-refractivity contribution < 1.29 is 14.7 Å². The minimum Gasteiger partial charge on any atom is -0.505 e. The number of hydrogen-bond acceptors (Lipinski definition) is 5. The number of hydrogen-bond donors (Lipinski definition) is 1. The van der Waals surface area contributed by atoms with E-state index < -0.39 is 17.7 Å². The van der Waals surface area contributed by atoms with Gasteiger partial charge in [-0.05, 0) is 70.2 Å². The topological polar surface area (TPSA) is 78.1 Å². The van der Waals surface area contributed by atoms with E-state index in [-0.39, 0.29) is 11.3 Å². The van der Waals surface area contributed by atoms with Crippen LogP contribution in [0.25, 0.3) is 11.4 Å². The molecule has 1 fully saturated rings. The number of fused-ring (bicyclic) bond motifs is 1. The van der Waals surface area contributed by atoms with E-state index in [0.717, 1.165) is 12.1 Å². The number of halogens is 2.